The number of rotatable bonds is 3. The van der Waals surface area contributed by atoms with E-state index >= 15 is 0 Å². The van der Waals surface area contributed by atoms with Crippen LogP contribution in [0.4, 0.5) is 0 Å². The second-order valence-corrected chi connectivity index (χ2v) is 11.2. The largest absolute Gasteiger partial charge is 0.299 e. The first kappa shape index (κ1) is 19.5. The van der Waals surface area contributed by atoms with Gasteiger partial charge in [0.05, 0.1) is 0 Å². The van der Waals surface area contributed by atoms with Gasteiger partial charge in [-0.3, -0.25) is 4.79 Å². The number of hydrogen-bond donors (Lipinski definition) is 0. The minimum Gasteiger partial charge on any atom is -0.299 e. The molecule has 0 aromatic rings. The summed E-state index contributed by atoms with van der Waals surface area (Å²) in [6, 6.07) is 0. The summed E-state index contributed by atoms with van der Waals surface area (Å²) in [7, 11) is 0. The van der Waals surface area contributed by atoms with E-state index in [0.717, 1.165) is 42.9 Å². The quantitative estimate of drug-likeness (QED) is 0.491. The van der Waals surface area contributed by atoms with Crippen molar-refractivity contribution >= 4 is 5.78 Å². The lowest BCUT2D eigenvalue weighted by molar-refractivity contribution is -0.122. The van der Waals surface area contributed by atoms with E-state index in [1.54, 1.807) is 0 Å². The van der Waals surface area contributed by atoms with Crippen LogP contribution in [0.1, 0.15) is 86.0 Å². The number of ketones is 1. The van der Waals surface area contributed by atoms with E-state index in [1.165, 1.54) is 37.7 Å². The van der Waals surface area contributed by atoms with Gasteiger partial charge in [0.15, 0.2) is 0 Å². The summed E-state index contributed by atoms with van der Waals surface area (Å²) >= 11 is 0. The Labute approximate surface area is 167 Å². The lowest BCUT2D eigenvalue weighted by Crippen LogP contribution is -2.50. The fourth-order valence-corrected chi connectivity index (χ4v) is 7.91. The second-order valence-electron chi connectivity index (χ2n) is 11.2. The zero-order chi connectivity index (χ0) is 19.4. The number of carbonyl (C=O) groups excluding carboxylic acids is 1. The Morgan fingerprint density at radius 2 is 1.81 bits per heavy atom. The molecule has 0 spiro atoms. The van der Waals surface area contributed by atoms with Crippen LogP contribution < -0.4 is 0 Å². The molecule has 7 atom stereocenters. The van der Waals surface area contributed by atoms with Gasteiger partial charge in [0, 0.05) is 12.8 Å². The molecule has 3 fully saturated rings. The maximum Gasteiger partial charge on any atom is 0.136 e. The summed E-state index contributed by atoms with van der Waals surface area (Å²) in [5.41, 5.74) is 2.35. The van der Waals surface area contributed by atoms with Gasteiger partial charge in [-0.15, -0.1) is 0 Å². The Morgan fingerprint density at radius 3 is 2.56 bits per heavy atom. The van der Waals surface area contributed by atoms with E-state index < -0.39 is 0 Å². The zero-order valence-corrected chi connectivity index (χ0v) is 18.3. The Kier molecular flexibility index (Phi) is 4.97. The van der Waals surface area contributed by atoms with Crippen molar-refractivity contribution in [3.05, 3.63) is 23.8 Å². The van der Waals surface area contributed by atoms with Gasteiger partial charge in [-0.1, -0.05) is 58.4 Å². The third-order valence-electron chi connectivity index (χ3n) is 9.44. The Bertz CT molecular complexity index is 655. The molecule has 0 aromatic carbocycles. The fourth-order valence-electron chi connectivity index (χ4n) is 7.91. The van der Waals surface area contributed by atoms with Crippen LogP contribution in [0.2, 0.25) is 0 Å². The first-order valence-corrected chi connectivity index (χ1v) is 11.6. The Hall–Kier alpha value is -0.850. The number of allylic oxidation sites excluding steroid dienone is 4. The first-order valence-electron chi connectivity index (χ1n) is 11.6. The van der Waals surface area contributed by atoms with Gasteiger partial charge < -0.3 is 0 Å². The monoisotopic (exact) mass is 368 g/mol. The first-order chi connectivity index (χ1) is 12.8. The highest BCUT2D eigenvalue weighted by Crippen LogP contribution is 2.67. The normalized spacial score (nSPS) is 45.4. The van der Waals surface area contributed by atoms with Gasteiger partial charge in [-0.2, -0.15) is 0 Å². The highest BCUT2D eigenvalue weighted by molar-refractivity contribution is 5.82. The van der Waals surface area contributed by atoms with Crippen molar-refractivity contribution in [2.45, 2.75) is 86.0 Å². The van der Waals surface area contributed by atoms with Crippen molar-refractivity contribution in [3.8, 4) is 0 Å². The molecule has 0 N–H and O–H groups in total. The van der Waals surface area contributed by atoms with Gasteiger partial charge in [0.1, 0.15) is 5.78 Å². The molecule has 0 aromatic heterocycles. The Morgan fingerprint density at radius 1 is 1.04 bits per heavy atom. The smallest absolute Gasteiger partial charge is 0.136 e. The average Bonchev–Trinajstić information content (AvgIpc) is 2.97. The van der Waals surface area contributed by atoms with Crippen LogP contribution in [0.3, 0.4) is 0 Å². The number of Topliss-reactive ketones (excluding diaryl/α,β-unsaturated/α-hetero) is 1. The number of carbonyl (C=O) groups is 1. The van der Waals surface area contributed by atoms with Crippen molar-refractivity contribution < 1.29 is 4.79 Å². The fraction of sp³-hybridized carbons (Fsp3) is 0.808. The second kappa shape index (κ2) is 6.89. The molecule has 3 saturated carbocycles. The van der Waals surface area contributed by atoms with E-state index in [4.69, 9.17) is 0 Å². The predicted octanol–water partition coefficient (Wildman–Crippen LogP) is 6.98. The SMILES string of the molecule is CC(C)/C=C/[C@@H](C)[C@H]1CC[C@H]2[C@@H]3CC=C4CC(=O)CC[C@]4(C)[C@H]3CC[C@]12C. The highest BCUT2D eigenvalue weighted by atomic mass is 16.1. The molecule has 27 heavy (non-hydrogen) atoms. The molecule has 0 bridgehead atoms. The van der Waals surface area contributed by atoms with Crippen LogP contribution in [0.25, 0.3) is 0 Å². The van der Waals surface area contributed by atoms with Crippen molar-refractivity contribution in [3.63, 3.8) is 0 Å². The third-order valence-corrected chi connectivity index (χ3v) is 9.44. The van der Waals surface area contributed by atoms with Gasteiger partial charge in [-0.25, -0.2) is 0 Å². The maximum absolute atomic E-state index is 12.0. The molecule has 1 nitrogen and oxygen atoms in total. The molecule has 150 valence electrons. The van der Waals surface area contributed by atoms with E-state index in [-0.39, 0.29) is 0 Å². The Balaban J connectivity index is 1.58. The molecule has 4 rings (SSSR count). The maximum atomic E-state index is 12.0. The van der Waals surface area contributed by atoms with Gasteiger partial charge >= 0.3 is 0 Å². The summed E-state index contributed by atoms with van der Waals surface area (Å²) in [6.07, 6.45) is 17.0. The average molecular weight is 369 g/mol. The molecule has 1 heteroatoms. The van der Waals surface area contributed by atoms with E-state index in [1.807, 2.05) is 0 Å². The zero-order valence-electron chi connectivity index (χ0n) is 18.3. The van der Waals surface area contributed by atoms with Crippen molar-refractivity contribution in [2.24, 2.45) is 46.3 Å². The molecule has 0 amide bonds. The minimum absolute atomic E-state index is 0.319. The van der Waals surface area contributed by atoms with Gasteiger partial charge in [0.25, 0.3) is 0 Å². The van der Waals surface area contributed by atoms with Gasteiger partial charge in [0.2, 0.25) is 0 Å². The van der Waals surface area contributed by atoms with Crippen LogP contribution in [0.15, 0.2) is 23.8 Å². The number of fused-ring (bicyclic) bond motifs is 5. The summed E-state index contributed by atoms with van der Waals surface area (Å²) in [6.45, 7) is 12.2. The van der Waals surface area contributed by atoms with Crippen molar-refractivity contribution in [1.82, 2.24) is 0 Å². The molecule has 0 heterocycles. The molecule has 0 radical (unpaired) electrons. The van der Waals surface area contributed by atoms with Crippen LogP contribution in [0.5, 0.6) is 0 Å². The summed E-state index contributed by atoms with van der Waals surface area (Å²) < 4.78 is 0. The predicted molar refractivity (Wildman–Crippen MR) is 113 cm³/mol. The molecule has 4 aliphatic carbocycles. The molecule has 0 saturated heterocycles. The molecule has 0 unspecified atom stereocenters. The number of hydrogen-bond acceptors (Lipinski definition) is 1. The van der Waals surface area contributed by atoms with Crippen LogP contribution in [-0.4, -0.2) is 5.78 Å². The van der Waals surface area contributed by atoms with Crippen LogP contribution >= 0.6 is 0 Å². The van der Waals surface area contributed by atoms with E-state index in [2.05, 4.69) is 52.8 Å². The van der Waals surface area contributed by atoms with Gasteiger partial charge in [-0.05, 0) is 84.9 Å². The highest BCUT2D eigenvalue weighted by Gasteiger charge is 2.58. The standard InChI is InChI=1S/C26H40O/c1-17(2)6-7-18(3)22-10-11-23-21-9-8-19-16-20(27)12-14-25(19,4)24(21)13-15-26(22,23)5/h6-8,17-18,21-24H,9-16H2,1-5H3/b7-6+/t18-,21+,22-,23+,24+,25+,26-/m1/s1. The molecule has 4 aliphatic rings. The van der Waals surface area contributed by atoms with Crippen LogP contribution in [-0.2, 0) is 4.79 Å². The van der Waals surface area contributed by atoms with Crippen molar-refractivity contribution in [2.75, 3.05) is 0 Å². The minimum atomic E-state index is 0.319. The third kappa shape index (κ3) is 3.08. The lowest BCUT2D eigenvalue weighted by Gasteiger charge is -2.57. The molecular weight excluding hydrogens is 328 g/mol. The lowest BCUT2D eigenvalue weighted by atomic mass is 9.47. The van der Waals surface area contributed by atoms with E-state index in [9.17, 15) is 4.79 Å². The van der Waals surface area contributed by atoms with Crippen LogP contribution in [0, 0.1) is 46.3 Å². The van der Waals surface area contributed by atoms with E-state index in [0.29, 0.717) is 28.4 Å². The summed E-state index contributed by atoms with van der Waals surface area (Å²) in [5, 5.41) is 0. The molecular formula is C26H40O. The summed E-state index contributed by atoms with van der Waals surface area (Å²) in [5.74, 6) is 5.26. The summed E-state index contributed by atoms with van der Waals surface area (Å²) in [4.78, 5) is 12.0. The van der Waals surface area contributed by atoms with Crippen molar-refractivity contribution in [1.29, 1.82) is 0 Å². The topological polar surface area (TPSA) is 17.1 Å². The molecule has 0 aliphatic heterocycles.